The minimum Gasteiger partial charge on any atom is -0.497 e. The van der Waals surface area contributed by atoms with Gasteiger partial charge in [-0.2, -0.15) is 0 Å². The van der Waals surface area contributed by atoms with Crippen molar-refractivity contribution in [1.29, 1.82) is 0 Å². The Morgan fingerprint density at radius 1 is 0.944 bits per heavy atom. The molecular weight excluding hydrogens is 450 g/mol. The lowest BCUT2D eigenvalue weighted by atomic mass is 10.0. The number of ether oxygens (including phenoxy) is 3. The molecule has 3 aromatic carbocycles. The first kappa shape index (κ1) is 24.0. The highest BCUT2D eigenvalue weighted by Crippen LogP contribution is 2.38. The van der Waals surface area contributed by atoms with E-state index in [4.69, 9.17) is 14.2 Å². The molecule has 1 aromatic heterocycles. The maximum atomic E-state index is 13.8. The van der Waals surface area contributed by atoms with E-state index in [0.717, 1.165) is 45.7 Å². The van der Waals surface area contributed by atoms with Crippen molar-refractivity contribution in [2.24, 2.45) is 5.92 Å². The zero-order valence-electron chi connectivity index (χ0n) is 21.4. The third kappa shape index (κ3) is 5.25. The van der Waals surface area contributed by atoms with E-state index in [1.165, 1.54) is 12.8 Å². The molecule has 1 aliphatic rings. The van der Waals surface area contributed by atoms with Gasteiger partial charge in [0.25, 0.3) is 0 Å². The van der Waals surface area contributed by atoms with Crippen LogP contribution in [0, 0.1) is 5.92 Å². The number of nitrogens with zero attached hydrogens (tertiary/aromatic N) is 1. The molecular formula is C31H33NO4. The standard InChI is InChI=1S/C31H33NO4/c1-31(2,3)36-30(33)29-28(23-10-8-12-25(18-23)35-20-21-15-16-21)26-13-5-6-14-27(26)32(29)19-22-9-7-11-24(17-22)34-4/h5-14,17-18,21H,15-16,19-20H2,1-4H3. The molecule has 0 amide bonds. The van der Waals surface area contributed by atoms with Crippen LogP contribution in [-0.4, -0.2) is 29.9 Å². The Bertz CT molecular complexity index is 1390. The third-order valence-corrected chi connectivity index (χ3v) is 6.34. The summed E-state index contributed by atoms with van der Waals surface area (Å²) in [6.07, 6.45) is 2.47. The summed E-state index contributed by atoms with van der Waals surface area (Å²) in [4.78, 5) is 13.8. The highest BCUT2D eigenvalue weighted by molar-refractivity contribution is 6.09. The topological polar surface area (TPSA) is 49.7 Å². The summed E-state index contributed by atoms with van der Waals surface area (Å²) in [6.45, 7) is 6.92. The van der Waals surface area contributed by atoms with Gasteiger partial charge in [-0.25, -0.2) is 4.79 Å². The Morgan fingerprint density at radius 3 is 2.44 bits per heavy atom. The maximum Gasteiger partial charge on any atom is 0.356 e. The smallest absolute Gasteiger partial charge is 0.356 e. The first-order chi connectivity index (χ1) is 17.3. The van der Waals surface area contributed by atoms with Crippen molar-refractivity contribution >= 4 is 16.9 Å². The van der Waals surface area contributed by atoms with Crippen molar-refractivity contribution < 1.29 is 19.0 Å². The van der Waals surface area contributed by atoms with E-state index in [9.17, 15) is 4.79 Å². The second-order valence-corrected chi connectivity index (χ2v) is 10.5. The van der Waals surface area contributed by atoms with Crippen LogP contribution in [0.25, 0.3) is 22.0 Å². The number of carbonyl (C=O) groups is 1. The van der Waals surface area contributed by atoms with Crippen LogP contribution in [0.5, 0.6) is 11.5 Å². The van der Waals surface area contributed by atoms with Crippen molar-refractivity contribution in [2.75, 3.05) is 13.7 Å². The predicted octanol–water partition coefficient (Wildman–Crippen LogP) is 7.11. The summed E-state index contributed by atoms with van der Waals surface area (Å²) in [6, 6.07) is 24.1. The summed E-state index contributed by atoms with van der Waals surface area (Å²) in [5.74, 6) is 1.92. The second-order valence-electron chi connectivity index (χ2n) is 10.5. The van der Waals surface area contributed by atoms with Crippen LogP contribution >= 0.6 is 0 Å². The molecule has 0 N–H and O–H groups in total. The Hall–Kier alpha value is -3.73. The Balaban J connectivity index is 1.67. The van der Waals surface area contributed by atoms with E-state index in [-0.39, 0.29) is 5.97 Å². The Morgan fingerprint density at radius 2 is 1.69 bits per heavy atom. The van der Waals surface area contributed by atoms with Crippen molar-refractivity contribution in [1.82, 2.24) is 4.57 Å². The van der Waals surface area contributed by atoms with Gasteiger partial charge in [0, 0.05) is 23.0 Å². The first-order valence-corrected chi connectivity index (χ1v) is 12.5. The molecule has 186 valence electrons. The monoisotopic (exact) mass is 483 g/mol. The van der Waals surface area contributed by atoms with Crippen LogP contribution in [0.1, 0.15) is 49.7 Å². The zero-order chi connectivity index (χ0) is 25.3. The van der Waals surface area contributed by atoms with Crippen LogP contribution in [0.15, 0.2) is 72.8 Å². The van der Waals surface area contributed by atoms with Crippen LogP contribution in [0.3, 0.4) is 0 Å². The maximum absolute atomic E-state index is 13.8. The fourth-order valence-electron chi connectivity index (χ4n) is 4.49. The number of hydrogen-bond acceptors (Lipinski definition) is 4. The molecule has 0 bridgehead atoms. The number of rotatable bonds is 8. The average molecular weight is 484 g/mol. The molecule has 1 saturated carbocycles. The summed E-state index contributed by atoms with van der Waals surface area (Å²) in [5, 5.41) is 1.00. The number of methoxy groups -OCH3 is 1. The van der Waals surface area contributed by atoms with E-state index < -0.39 is 5.60 Å². The predicted molar refractivity (Wildman–Crippen MR) is 143 cm³/mol. The molecule has 0 aliphatic heterocycles. The van der Waals surface area contributed by atoms with E-state index in [1.807, 2.05) is 81.4 Å². The number of esters is 1. The molecule has 0 spiro atoms. The van der Waals surface area contributed by atoms with Gasteiger partial charge in [0.15, 0.2) is 0 Å². The van der Waals surface area contributed by atoms with Gasteiger partial charge < -0.3 is 18.8 Å². The van der Waals surface area contributed by atoms with Gasteiger partial charge in [-0.3, -0.25) is 0 Å². The molecule has 0 atom stereocenters. The van der Waals surface area contributed by atoms with E-state index in [2.05, 4.69) is 16.7 Å². The van der Waals surface area contributed by atoms with Crippen molar-refractivity contribution in [3.05, 3.63) is 84.1 Å². The van der Waals surface area contributed by atoms with Gasteiger partial charge >= 0.3 is 5.97 Å². The molecule has 1 heterocycles. The van der Waals surface area contributed by atoms with Crippen LogP contribution in [-0.2, 0) is 11.3 Å². The van der Waals surface area contributed by atoms with E-state index in [0.29, 0.717) is 18.2 Å². The van der Waals surface area contributed by atoms with Crippen molar-refractivity contribution in [3.63, 3.8) is 0 Å². The Labute approximate surface area is 212 Å². The fraction of sp³-hybridized carbons (Fsp3) is 0.323. The number of fused-ring (bicyclic) bond motifs is 1. The summed E-state index contributed by atoms with van der Waals surface area (Å²) in [5.41, 5.74) is 3.71. The van der Waals surface area contributed by atoms with Gasteiger partial charge in [-0.15, -0.1) is 0 Å². The minimum absolute atomic E-state index is 0.346. The van der Waals surface area contributed by atoms with Crippen LogP contribution in [0.2, 0.25) is 0 Å². The quantitative estimate of drug-likeness (QED) is 0.251. The number of hydrogen-bond donors (Lipinski definition) is 0. The minimum atomic E-state index is -0.624. The molecule has 1 aliphatic carbocycles. The normalized spacial score (nSPS) is 13.6. The lowest BCUT2D eigenvalue weighted by molar-refractivity contribution is 0.00597. The molecule has 0 saturated heterocycles. The lowest BCUT2D eigenvalue weighted by Crippen LogP contribution is -2.26. The molecule has 1 fully saturated rings. The molecule has 36 heavy (non-hydrogen) atoms. The van der Waals surface area contributed by atoms with Gasteiger partial charge in [-0.05, 0) is 81.0 Å². The molecule has 4 aromatic rings. The number of para-hydroxylation sites is 1. The molecule has 5 nitrogen and oxygen atoms in total. The zero-order valence-corrected chi connectivity index (χ0v) is 21.4. The summed E-state index contributed by atoms with van der Waals surface area (Å²) < 4.78 is 19.5. The average Bonchev–Trinajstić information content (AvgIpc) is 3.63. The van der Waals surface area contributed by atoms with E-state index in [1.54, 1.807) is 7.11 Å². The number of benzene rings is 3. The van der Waals surface area contributed by atoms with E-state index >= 15 is 0 Å². The first-order valence-electron chi connectivity index (χ1n) is 12.5. The third-order valence-electron chi connectivity index (χ3n) is 6.34. The molecule has 0 unspecified atom stereocenters. The molecule has 5 heteroatoms. The number of carbonyl (C=O) groups excluding carboxylic acids is 1. The van der Waals surface area contributed by atoms with Gasteiger partial charge in [0.1, 0.15) is 22.8 Å². The highest BCUT2D eigenvalue weighted by Gasteiger charge is 2.28. The number of aromatic nitrogens is 1. The molecule has 0 radical (unpaired) electrons. The Kier molecular flexibility index (Phi) is 6.48. The molecule has 5 rings (SSSR count). The summed E-state index contributed by atoms with van der Waals surface area (Å²) in [7, 11) is 1.66. The summed E-state index contributed by atoms with van der Waals surface area (Å²) >= 11 is 0. The van der Waals surface area contributed by atoms with Crippen molar-refractivity contribution in [2.45, 2.75) is 45.8 Å². The van der Waals surface area contributed by atoms with Crippen LogP contribution in [0.4, 0.5) is 0 Å². The largest absolute Gasteiger partial charge is 0.497 e. The second kappa shape index (κ2) is 9.73. The van der Waals surface area contributed by atoms with Gasteiger partial charge in [0.2, 0.25) is 0 Å². The lowest BCUT2D eigenvalue weighted by Gasteiger charge is -2.21. The van der Waals surface area contributed by atoms with Gasteiger partial charge in [-0.1, -0.05) is 42.5 Å². The highest BCUT2D eigenvalue weighted by atomic mass is 16.6. The van der Waals surface area contributed by atoms with Crippen LogP contribution < -0.4 is 9.47 Å². The van der Waals surface area contributed by atoms with Gasteiger partial charge in [0.05, 0.1) is 13.7 Å². The van der Waals surface area contributed by atoms with Crippen molar-refractivity contribution in [3.8, 4) is 22.6 Å². The SMILES string of the molecule is COc1cccc(Cn2c(C(=O)OC(C)(C)C)c(-c3cccc(OCC4CC4)c3)c3ccccc32)c1. The fourth-order valence-corrected chi connectivity index (χ4v) is 4.49.